The Hall–Kier alpha value is -0.560. The molecule has 0 saturated carbocycles. The molecule has 0 saturated heterocycles. The molecule has 19 heavy (non-hydrogen) atoms. The third kappa shape index (κ3) is 13.7. The minimum absolute atomic E-state index is 0.0287. The van der Waals surface area contributed by atoms with E-state index in [0.29, 0.717) is 0 Å². The molecule has 3 nitrogen and oxygen atoms in total. The van der Waals surface area contributed by atoms with Gasteiger partial charge in [-0.15, -0.1) is 0 Å². The van der Waals surface area contributed by atoms with Crippen molar-refractivity contribution in [3.63, 3.8) is 0 Å². The lowest BCUT2D eigenvalue weighted by atomic mass is 10.1. The van der Waals surface area contributed by atoms with E-state index in [1.54, 1.807) is 0 Å². The fourth-order valence-electron chi connectivity index (χ4n) is 2.11. The number of hydrogen-bond donors (Lipinski definition) is 0. The Kier molecular flexibility index (Phi) is 12.1. The highest BCUT2D eigenvalue weighted by molar-refractivity contribution is 7.91. The lowest BCUT2D eigenvalue weighted by molar-refractivity contribution is 0.558. The van der Waals surface area contributed by atoms with E-state index in [1.165, 1.54) is 44.9 Å². The van der Waals surface area contributed by atoms with E-state index in [2.05, 4.69) is 6.92 Å². The van der Waals surface area contributed by atoms with Crippen molar-refractivity contribution >= 4 is 9.84 Å². The van der Waals surface area contributed by atoms with Gasteiger partial charge in [0.2, 0.25) is 0 Å². The van der Waals surface area contributed by atoms with E-state index in [4.69, 9.17) is 5.26 Å². The van der Waals surface area contributed by atoms with Gasteiger partial charge in [-0.2, -0.15) is 5.26 Å². The second-order valence-electron chi connectivity index (χ2n) is 5.24. The quantitative estimate of drug-likeness (QED) is 0.476. The molecule has 0 bridgehead atoms. The van der Waals surface area contributed by atoms with Crippen LogP contribution in [0.2, 0.25) is 0 Å². The van der Waals surface area contributed by atoms with Gasteiger partial charge in [-0.1, -0.05) is 64.7 Å². The van der Waals surface area contributed by atoms with Crippen LogP contribution in [0.3, 0.4) is 0 Å². The maximum Gasteiger partial charge on any atom is 0.151 e. The highest BCUT2D eigenvalue weighted by atomic mass is 32.2. The largest absolute Gasteiger partial charge is 0.229 e. The molecule has 0 aliphatic rings. The average molecular weight is 287 g/mol. The Balaban J connectivity index is 3.29. The fourth-order valence-corrected chi connectivity index (χ4v) is 3.36. The fraction of sp³-hybridized carbons (Fsp3) is 0.933. The summed E-state index contributed by atoms with van der Waals surface area (Å²) in [6.07, 6.45) is 12.2. The normalized spacial score (nSPS) is 11.4. The minimum atomic E-state index is -2.97. The van der Waals surface area contributed by atoms with E-state index >= 15 is 0 Å². The second kappa shape index (κ2) is 12.5. The van der Waals surface area contributed by atoms with Crippen LogP contribution in [0.15, 0.2) is 0 Å². The van der Waals surface area contributed by atoms with Gasteiger partial charge in [0, 0.05) is 6.42 Å². The number of hydrogen-bond acceptors (Lipinski definition) is 3. The molecule has 0 amide bonds. The van der Waals surface area contributed by atoms with E-state index in [0.717, 1.165) is 19.3 Å². The van der Waals surface area contributed by atoms with Crippen LogP contribution < -0.4 is 0 Å². The molecule has 0 aromatic heterocycles. The Morgan fingerprint density at radius 2 is 1.26 bits per heavy atom. The first-order chi connectivity index (χ1) is 9.12. The number of sulfone groups is 1. The number of unbranched alkanes of at least 4 members (excludes halogenated alkanes) is 9. The van der Waals surface area contributed by atoms with E-state index in [1.807, 2.05) is 6.07 Å². The van der Waals surface area contributed by atoms with Gasteiger partial charge in [0.1, 0.15) is 0 Å². The molecular weight excluding hydrogens is 258 g/mol. The Morgan fingerprint density at radius 3 is 1.74 bits per heavy atom. The maximum atomic E-state index is 11.5. The molecule has 0 N–H and O–H groups in total. The van der Waals surface area contributed by atoms with Gasteiger partial charge < -0.3 is 0 Å². The summed E-state index contributed by atoms with van der Waals surface area (Å²) < 4.78 is 22.9. The first-order valence-corrected chi connectivity index (χ1v) is 9.52. The zero-order valence-electron chi connectivity index (χ0n) is 12.4. The Bertz CT molecular complexity index is 331. The van der Waals surface area contributed by atoms with Crippen LogP contribution in [-0.4, -0.2) is 19.9 Å². The number of rotatable bonds is 13. The monoisotopic (exact) mass is 287 g/mol. The van der Waals surface area contributed by atoms with Crippen molar-refractivity contribution in [2.75, 3.05) is 11.5 Å². The van der Waals surface area contributed by atoms with Crippen LogP contribution >= 0.6 is 0 Å². The Labute approximate surface area is 119 Å². The molecule has 0 aliphatic carbocycles. The van der Waals surface area contributed by atoms with Crippen LogP contribution in [0.4, 0.5) is 0 Å². The second-order valence-corrected chi connectivity index (χ2v) is 7.55. The van der Waals surface area contributed by atoms with Crippen LogP contribution in [0.25, 0.3) is 0 Å². The summed E-state index contributed by atoms with van der Waals surface area (Å²) in [5.41, 5.74) is 0. The van der Waals surface area contributed by atoms with Crippen LogP contribution in [0.5, 0.6) is 0 Å². The van der Waals surface area contributed by atoms with Gasteiger partial charge >= 0.3 is 0 Å². The highest BCUT2D eigenvalue weighted by Gasteiger charge is 2.09. The van der Waals surface area contributed by atoms with Crippen molar-refractivity contribution in [1.29, 1.82) is 5.26 Å². The molecule has 0 radical (unpaired) electrons. The van der Waals surface area contributed by atoms with Crippen LogP contribution in [0, 0.1) is 11.3 Å². The topological polar surface area (TPSA) is 57.9 Å². The van der Waals surface area contributed by atoms with E-state index in [-0.39, 0.29) is 17.9 Å². The first kappa shape index (κ1) is 18.4. The zero-order chi connectivity index (χ0) is 14.4. The van der Waals surface area contributed by atoms with Gasteiger partial charge in [0.15, 0.2) is 9.84 Å². The lowest BCUT2D eigenvalue weighted by Gasteiger charge is -2.03. The summed E-state index contributed by atoms with van der Waals surface area (Å²) in [6.45, 7) is 2.23. The van der Waals surface area contributed by atoms with Gasteiger partial charge in [-0.3, -0.25) is 0 Å². The van der Waals surface area contributed by atoms with Crippen LogP contribution in [-0.2, 0) is 9.84 Å². The average Bonchev–Trinajstić information content (AvgIpc) is 2.38. The number of nitriles is 1. The van der Waals surface area contributed by atoms with Crippen molar-refractivity contribution in [1.82, 2.24) is 0 Å². The summed E-state index contributed by atoms with van der Waals surface area (Å²) in [5, 5.41) is 8.36. The summed E-state index contributed by atoms with van der Waals surface area (Å²) in [4.78, 5) is 0. The van der Waals surface area contributed by atoms with Crippen molar-refractivity contribution < 1.29 is 8.42 Å². The standard InChI is InChI=1S/C15H29NO2S/c1-2-3-4-5-6-7-8-9-10-11-14-19(17,18)15-12-13-16/h2-12,14-15H2,1H3. The van der Waals surface area contributed by atoms with Crippen LogP contribution in [0.1, 0.15) is 77.6 Å². The molecule has 0 unspecified atom stereocenters. The molecule has 0 aliphatic heterocycles. The molecule has 112 valence electrons. The summed E-state index contributed by atoms with van der Waals surface area (Å²) in [5.74, 6) is 0.284. The molecule has 4 heteroatoms. The summed E-state index contributed by atoms with van der Waals surface area (Å²) >= 11 is 0. The molecule has 0 spiro atoms. The van der Waals surface area contributed by atoms with Gasteiger partial charge in [-0.25, -0.2) is 8.42 Å². The summed E-state index contributed by atoms with van der Waals surface area (Å²) in [6, 6.07) is 1.88. The SMILES string of the molecule is CCCCCCCCCCCCS(=O)(=O)CCC#N. The molecule has 0 atom stereocenters. The van der Waals surface area contributed by atoms with Gasteiger partial charge in [-0.05, 0) is 6.42 Å². The van der Waals surface area contributed by atoms with Crippen molar-refractivity contribution in [3.05, 3.63) is 0 Å². The maximum absolute atomic E-state index is 11.5. The molecule has 0 fully saturated rings. The first-order valence-electron chi connectivity index (χ1n) is 7.69. The third-order valence-corrected chi connectivity index (χ3v) is 5.07. The predicted octanol–water partition coefficient (Wildman–Crippen LogP) is 4.24. The predicted molar refractivity (Wildman–Crippen MR) is 80.7 cm³/mol. The van der Waals surface area contributed by atoms with E-state index < -0.39 is 9.84 Å². The molecule has 0 heterocycles. The highest BCUT2D eigenvalue weighted by Crippen LogP contribution is 2.11. The van der Waals surface area contributed by atoms with E-state index in [9.17, 15) is 8.42 Å². The Morgan fingerprint density at radius 1 is 0.789 bits per heavy atom. The molecule has 0 aromatic rings. The van der Waals surface area contributed by atoms with Crippen molar-refractivity contribution in [3.8, 4) is 6.07 Å². The third-order valence-electron chi connectivity index (χ3n) is 3.33. The molecule has 0 aromatic carbocycles. The lowest BCUT2D eigenvalue weighted by Crippen LogP contribution is -2.10. The van der Waals surface area contributed by atoms with Gasteiger partial charge in [0.05, 0.1) is 17.6 Å². The smallest absolute Gasteiger partial charge is 0.151 e. The number of nitrogens with zero attached hydrogens (tertiary/aromatic N) is 1. The molecule has 0 rings (SSSR count). The minimum Gasteiger partial charge on any atom is -0.229 e. The zero-order valence-corrected chi connectivity index (χ0v) is 13.2. The van der Waals surface area contributed by atoms with Gasteiger partial charge in [0.25, 0.3) is 0 Å². The summed E-state index contributed by atoms with van der Waals surface area (Å²) in [7, 11) is -2.97. The van der Waals surface area contributed by atoms with Crippen molar-refractivity contribution in [2.45, 2.75) is 77.6 Å². The van der Waals surface area contributed by atoms with Crippen molar-refractivity contribution in [2.24, 2.45) is 0 Å². The molecular formula is C15H29NO2S.